The predicted octanol–water partition coefficient (Wildman–Crippen LogP) is 4.43. The second-order valence-electron chi connectivity index (χ2n) is 6.23. The Morgan fingerprint density at radius 1 is 1.00 bits per heavy atom. The summed E-state index contributed by atoms with van der Waals surface area (Å²) in [5.41, 5.74) is 1.25. The monoisotopic (exact) mass is 368 g/mol. The van der Waals surface area contributed by atoms with E-state index in [2.05, 4.69) is 40.2 Å². The average molecular weight is 369 g/mol. The van der Waals surface area contributed by atoms with Crippen molar-refractivity contribution in [3.63, 3.8) is 0 Å². The van der Waals surface area contributed by atoms with Crippen LogP contribution in [0.3, 0.4) is 0 Å². The fourth-order valence-corrected chi connectivity index (χ4v) is 3.76. The van der Waals surface area contributed by atoms with Crippen LogP contribution in [0.25, 0.3) is 0 Å². The third-order valence-electron chi connectivity index (χ3n) is 4.48. The van der Waals surface area contributed by atoms with E-state index < -0.39 is 0 Å². The molecule has 0 radical (unpaired) electrons. The first kappa shape index (κ1) is 16.4. The third kappa shape index (κ3) is 4.79. The number of hydrogen-bond acceptors (Lipinski definition) is 3. The molecular formula is C18H25BrO3. The molecule has 0 bridgehead atoms. The van der Waals surface area contributed by atoms with Crippen molar-refractivity contribution in [2.24, 2.45) is 0 Å². The Labute approximate surface area is 141 Å². The van der Waals surface area contributed by atoms with Gasteiger partial charge >= 0.3 is 0 Å². The van der Waals surface area contributed by atoms with E-state index >= 15 is 0 Å². The van der Waals surface area contributed by atoms with Crippen molar-refractivity contribution < 1.29 is 14.2 Å². The van der Waals surface area contributed by atoms with E-state index in [1.165, 1.54) is 5.56 Å². The van der Waals surface area contributed by atoms with Gasteiger partial charge in [-0.1, -0.05) is 46.3 Å². The molecule has 1 unspecified atom stereocenters. The zero-order valence-electron chi connectivity index (χ0n) is 13.0. The van der Waals surface area contributed by atoms with Crippen molar-refractivity contribution in [3.8, 4) is 0 Å². The molecule has 1 aromatic carbocycles. The molecule has 4 heteroatoms. The highest BCUT2D eigenvalue weighted by Crippen LogP contribution is 2.29. The Kier molecular flexibility index (Phi) is 6.30. The maximum Gasteiger partial charge on any atom is 0.170 e. The number of benzene rings is 1. The van der Waals surface area contributed by atoms with Crippen LogP contribution in [-0.4, -0.2) is 29.9 Å². The summed E-state index contributed by atoms with van der Waals surface area (Å²) in [6, 6.07) is 10.4. The van der Waals surface area contributed by atoms with Crippen LogP contribution in [-0.2, 0) is 20.8 Å². The van der Waals surface area contributed by atoms with Gasteiger partial charge in [-0.15, -0.1) is 0 Å². The first-order valence-electron chi connectivity index (χ1n) is 8.38. The van der Waals surface area contributed by atoms with Gasteiger partial charge in [0.25, 0.3) is 0 Å². The zero-order chi connectivity index (χ0) is 15.2. The van der Waals surface area contributed by atoms with Crippen molar-refractivity contribution in [1.29, 1.82) is 0 Å². The van der Waals surface area contributed by atoms with Crippen LogP contribution < -0.4 is 0 Å². The summed E-state index contributed by atoms with van der Waals surface area (Å²) in [4.78, 5) is 0.341. The lowest BCUT2D eigenvalue weighted by Gasteiger charge is -2.34. The summed E-state index contributed by atoms with van der Waals surface area (Å²) in [7, 11) is 0. The Morgan fingerprint density at radius 3 is 2.45 bits per heavy atom. The molecule has 0 aromatic heterocycles. The lowest BCUT2D eigenvalue weighted by atomic mass is 9.95. The van der Waals surface area contributed by atoms with Crippen LogP contribution in [0.15, 0.2) is 30.3 Å². The molecule has 1 aromatic rings. The molecule has 1 saturated heterocycles. The summed E-state index contributed by atoms with van der Waals surface area (Å²) in [6.45, 7) is 1.54. The van der Waals surface area contributed by atoms with Crippen molar-refractivity contribution in [3.05, 3.63) is 35.9 Å². The van der Waals surface area contributed by atoms with Crippen LogP contribution in [0.2, 0.25) is 0 Å². The molecule has 2 atom stereocenters. The summed E-state index contributed by atoms with van der Waals surface area (Å²) >= 11 is 3.67. The van der Waals surface area contributed by atoms with Gasteiger partial charge in [0.05, 0.1) is 23.6 Å². The molecule has 122 valence electrons. The van der Waals surface area contributed by atoms with Gasteiger partial charge in [-0.3, -0.25) is 0 Å². The molecule has 0 amide bonds. The third-order valence-corrected chi connectivity index (χ3v) is 5.37. The Hall–Kier alpha value is -0.420. The van der Waals surface area contributed by atoms with E-state index in [1.54, 1.807) is 0 Å². The normalized spacial score (nSPS) is 32.8. The van der Waals surface area contributed by atoms with Crippen molar-refractivity contribution in [2.75, 3.05) is 6.61 Å². The highest BCUT2D eigenvalue weighted by atomic mass is 79.9. The Bertz CT molecular complexity index is 431. The standard InChI is InChI=1S/C18H25BrO3/c19-17-7-4-12-20-18(17)22-16-10-8-15(9-11-16)21-13-14-5-2-1-3-6-14/h1-3,5-6,15-18H,4,7-13H2/t15?,16?,17-,18?/m0/s1. The van der Waals surface area contributed by atoms with Crippen molar-refractivity contribution in [2.45, 2.75) is 68.5 Å². The zero-order valence-corrected chi connectivity index (χ0v) is 14.5. The van der Waals surface area contributed by atoms with Crippen molar-refractivity contribution in [1.82, 2.24) is 0 Å². The van der Waals surface area contributed by atoms with Gasteiger partial charge in [0.1, 0.15) is 0 Å². The number of ether oxygens (including phenoxy) is 3. The van der Waals surface area contributed by atoms with E-state index in [4.69, 9.17) is 14.2 Å². The van der Waals surface area contributed by atoms with Gasteiger partial charge in [-0.25, -0.2) is 0 Å². The topological polar surface area (TPSA) is 27.7 Å². The van der Waals surface area contributed by atoms with Gasteiger partial charge in [-0.05, 0) is 44.1 Å². The number of alkyl halides is 1. The van der Waals surface area contributed by atoms with Gasteiger partial charge in [0, 0.05) is 6.61 Å². The highest BCUT2D eigenvalue weighted by Gasteiger charge is 2.30. The maximum absolute atomic E-state index is 6.13. The molecule has 22 heavy (non-hydrogen) atoms. The summed E-state index contributed by atoms with van der Waals surface area (Å²) < 4.78 is 17.9. The van der Waals surface area contributed by atoms with Crippen LogP contribution in [0.5, 0.6) is 0 Å². The van der Waals surface area contributed by atoms with E-state index in [9.17, 15) is 0 Å². The lowest BCUT2D eigenvalue weighted by Crippen LogP contribution is -2.37. The van der Waals surface area contributed by atoms with Crippen LogP contribution in [0, 0.1) is 0 Å². The summed E-state index contributed by atoms with van der Waals surface area (Å²) in [5.74, 6) is 0. The molecule has 0 N–H and O–H groups in total. The Balaban J connectivity index is 1.37. The van der Waals surface area contributed by atoms with Crippen LogP contribution in [0.1, 0.15) is 44.1 Å². The molecule has 3 nitrogen and oxygen atoms in total. The fraction of sp³-hybridized carbons (Fsp3) is 0.667. The van der Waals surface area contributed by atoms with Gasteiger partial charge in [0.2, 0.25) is 0 Å². The summed E-state index contributed by atoms with van der Waals surface area (Å²) in [6.07, 6.45) is 7.18. The second kappa shape index (κ2) is 8.44. The van der Waals surface area contributed by atoms with Crippen molar-refractivity contribution >= 4 is 15.9 Å². The first-order valence-corrected chi connectivity index (χ1v) is 9.29. The average Bonchev–Trinajstić information content (AvgIpc) is 2.57. The number of halogens is 1. The van der Waals surface area contributed by atoms with E-state index in [1.807, 2.05) is 6.07 Å². The smallest absolute Gasteiger partial charge is 0.170 e. The molecule has 0 spiro atoms. The molecule has 3 rings (SSSR count). The van der Waals surface area contributed by atoms with Gasteiger partial charge < -0.3 is 14.2 Å². The molecule has 1 saturated carbocycles. The number of hydrogen-bond donors (Lipinski definition) is 0. The molecule has 1 aliphatic carbocycles. The van der Waals surface area contributed by atoms with Crippen LogP contribution >= 0.6 is 15.9 Å². The fourth-order valence-electron chi connectivity index (χ4n) is 3.16. The van der Waals surface area contributed by atoms with E-state index in [0.29, 0.717) is 23.6 Å². The molecule has 2 aliphatic rings. The quantitative estimate of drug-likeness (QED) is 0.719. The minimum absolute atomic E-state index is 0.0689. The van der Waals surface area contributed by atoms with Gasteiger partial charge in [0.15, 0.2) is 6.29 Å². The largest absolute Gasteiger partial charge is 0.374 e. The minimum atomic E-state index is -0.0689. The maximum atomic E-state index is 6.13. The molecular weight excluding hydrogens is 344 g/mol. The van der Waals surface area contributed by atoms with Gasteiger partial charge in [-0.2, -0.15) is 0 Å². The second-order valence-corrected chi connectivity index (χ2v) is 7.40. The predicted molar refractivity (Wildman–Crippen MR) is 90.0 cm³/mol. The molecule has 1 heterocycles. The minimum Gasteiger partial charge on any atom is -0.374 e. The molecule has 1 aliphatic heterocycles. The SMILES string of the molecule is Br[C@H]1CCCOC1OC1CCC(OCc2ccccc2)CC1. The lowest BCUT2D eigenvalue weighted by molar-refractivity contribution is -0.192. The highest BCUT2D eigenvalue weighted by molar-refractivity contribution is 9.09. The van der Waals surface area contributed by atoms with Crippen LogP contribution in [0.4, 0.5) is 0 Å². The number of rotatable bonds is 5. The first-order chi connectivity index (χ1) is 10.8. The van der Waals surface area contributed by atoms with E-state index in [-0.39, 0.29) is 6.29 Å². The Morgan fingerprint density at radius 2 is 1.73 bits per heavy atom. The molecule has 2 fully saturated rings. The summed E-state index contributed by atoms with van der Waals surface area (Å²) in [5, 5.41) is 0. The van der Waals surface area contributed by atoms with E-state index in [0.717, 1.165) is 45.1 Å².